The molecule has 1 aromatic carbocycles. The zero-order chi connectivity index (χ0) is 20.8. The third-order valence-electron chi connectivity index (χ3n) is 4.56. The van der Waals surface area contributed by atoms with Gasteiger partial charge in [0, 0.05) is 47.5 Å². The second kappa shape index (κ2) is 9.58. The van der Waals surface area contributed by atoms with Gasteiger partial charge in [-0.25, -0.2) is 4.98 Å². The van der Waals surface area contributed by atoms with E-state index in [4.69, 9.17) is 21.1 Å². The summed E-state index contributed by atoms with van der Waals surface area (Å²) in [7, 11) is 1.61. The normalized spacial score (nSPS) is 10.8. The van der Waals surface area contributed by atoms with Gasteiger partial charge in [0.1, 0.15) is 6.61 Å². The van der Waals surface area contributed by atoms with E-state index in [1.54, 1.807) is 13.3 Å². The van der Waals surface area contributed by atoms with Gasteiger partial charge in [-0.3, -0.25) is 4.79 Å². The van der Waals surface area contributed by atoms with E-state index in [1.165, 1.54) is 0 Å². The standard InChI is InChI=1S/C22H24ClN3O3/c1-15-12-20(16(2)26(15)19-8-4-7-18(23)13-19)21(27)25-14-17-6-5-9-24-22(17)29-11-10-28-3/h4-9,12-13H,10-11,14H2,1-3H3,(H,25,27). The molecule has 0 saturated heterocycles. The van der Waals surface area contributed by atoms with Crippen LogP contribution in [0.1, 0.15) is 27.3 Å². The van der Waals surface area contributed by atoms with Crippen LogP contribution in [0.2, 0.25) is 5.02 Å². The van der Waals surface area contributed by atoms with Gasteiger partial charge < -0.3 is 19.4 Å². The van der Waals surface area contributed by atoms with Crippen molar-refractivity contribution in [3.63, 3.8) is 0 Å². The number of ether oxygens (including phenoxy) is 2. The summed E-state index contributed by atoms with van der Waals surface area (Å²) < 4.78 is 12.6. The third-order valence-corrected chi connectivity index (χ3v) is 4.79. The van der Waals surface area contributed by atoms with Crippen molar-refractivity contribution in [3.8, 4) is 11.6 Å². The van der Waals surface area contributed by atoms with E-state index in [2.05, 4.69) is 10.3 Å². The van der Waals surface area contributed by atoms with Crippen LogP contribution in [0, 0.1) is 13.8 Å². The molecule has 0 unspecified atom stereocenters. The summed E-state index contributed by atoms with van der Waals surface area (Å²) in [6.45, 7) is 5.07. The molecule has 0 aliphatic heterocycles. The van der Waals surface area contributed by atoms with Crippen LogP contribution >= 0.6 is 11.6 Å². The smallest absolute Gasteiger partial charge is 0.253 e. The van der Waals surface area contributed by atoms with Crippen molar-refractivity contribution in [3.05, 3.63) is 76.2 Å². The zero-order valence-corrected chi connectivity index (χ0v) is 17.5. The average molecular weight is 414 g/mol. The number of hydrogen-bond acceptors (Lipinski definition) is 4. The lowest BCUT2D eigenvalue weighted by atomic mass is 10.2. The molecule has 6 nitrogen and oxygen atoms in total. The van der Waals surface area contributed by atoms with E-state index >= 15 is 0 Å². The molecular weight excluding hydrogens is 390 g/mol. The van der Waals surface area contributed by atoms with Crippen LogP contribution < -0.4 is 10.1 Å². The second-order valence-electron chi connectivity index (χ2n) is 6.59. The highest BCUT2D eigenvalue weighted by Crippen LogP contribution is 2.23. The van der Waals surface area contributed by atoms with E-state index in [0.717, 1.165) is 22.6 Å². The molecule has 0 fully saturated rings. The Labute approximate surface area is 175 Å². The van der Waals surface area contributed by atoms with E-state index < -0.39 is 0 Å². The highest BCUT2D eigenvalue weighted by atomic mass is 35.5. The fourth-order valence-corrected chi connectivity index (χ4v) is 3.37. The number of hydrogen-bond donors (Lipinski definition) is 1. The minimum absolute atomic E-state index is 0.155. The fraction of sp³-hybridized carbons (Fsp3) is 0.273. The summed E-state index contributed by atoms with van der Waals surface area (Å²) in [6, 6.07) is 13.1. The molecule has 0 bridgehead atoms. The summed E-state index contributed by atoms with van der Waals surface area (Å²) in [5, 5.41) is 3.61. The number of rotatable bonds is 8. The number of amides is 1. The number of aryl methyl sites for hydroxylation is 1. The molecule has 0 saturated carbocycles. The molecule has 152 valence electrons. The topological polar surface area (TPSA) is 65.4 Å². The number of nitrogens with one attached hydrogen (secondary N) is 1. The Morgan fingerprint density at radius 1 is 1.17 bits per heavy atom. The summed E-state index contributed by atoms with van der Waals surface area (Å²) >= 11 is 6.13. The van der Waals surface area contributed by atoms with Crippen molar-refractivity contribution in [2.75, 3.05) is 20.3 Å². The molecule has 0 aliphatic carbocycles. The monoisotopic (exact) mass is 413 g/mol. The molecule has 1 amide bonds. The van der Waals surface area contributed by atoms with Gasteiger partial charge >= 0.3 is 0 Å². The molecule has 0 spiro atoms. The van der Waals surface area contributed by atoms with Crippen molar-refractivity contribution in [1.29, 1.82) is 0 Å². The van der Waals surface area contributed by atoms with Gasteiger partial charge in [-0.1, -0.05) is 23.7 Å². The molecule has 3 rings (SSSR count). The Hall–Kier alpha value is -2.83. The minimum Gasteiger partial charge on any atom is -0.475 e. The maximum Gasteiger partial charge on any atom is 0.253 e. The molecule has 29 heavy (non-hydrogen) atoms. The lowest BCUT2D eigenvalue weighted by Gasteiger charge is -2.12. The quantitative estimate of drug-likeness (QED) is 0.565. The first kappa shape index (κ1) is 20.9. The Bertz CT molecular complexity index is 1000. The Balaban J connectivity index is 1.75. The maximum atomic E-state index is 12.8. The summed E-state index contributed by atoms with van der Waals surface area (Å²) in [4.78, 5) is 17.1. The van der Waals surface area contributed by atoms with Crippen LogP contribution in [0.25, 0.3) is 5.69 Å². The van der Waals surface area contributed by atoms with Crippen LogP contribution in [0.4, 0.5) is 0 Å². The zero-order valence-electron chi connectivity index (χ0n) is 16.7. The average Bonchev–Trinajstić information content (AvgIpc) is 3.01. The molecule has 2 heterocycles. The van der Waals surface area contributed by atoms with Crippen LogP contribution in [0.5, 0.6) is 5.88 Å². The number of carbonyl (C=O) groups is 1. The summed E-state index contributed by atoms with van der Waals surface area (Å²) in [6.07, 6.45) is 1.66. The van der Waals surface area contributed by atoms with Crippen molar-refractivity contribution >= 4 is 17.5 Å². The van der Waals surface area contributed by atoms with E-state index in [1.807, 2.05) is 60.9 Å². The molecule has 2 aromatic heterocycles. The third kappa shape index (κ3) is 4.96. The van der Waals surface area contributed by atoms with Crippen LogP contribution in [-0.4, -0.2) is 35.8 Å². The van der Waals surface area contributed by atoms with Gasteiger partial charge in [0.25, 0.3) is 5.91 Å². The van der Waals surface area contributed by atoms with E-state index in [0.29, 0.717) is 36.2 Å². The van der Waals surface area contributed by atoms with Crippen LogP contribution in [0.15, 0.2) is 48.7 Å². The highest BCUT2D eigenvalue weighted by molar-refractivity contribution is 6.30. The lowest BCUT2D eigenvalue weighted by molar-refractivity contribution is 0.0949. The molecule has 0 atom stereocenters. The first-order chi connectivity index (χ1) is 14.0. The van der Waals surface area contributed by atoms with Gasteiger partial charge in [0.05, 0.1) is 12.2 Å². The molecule has 0 radical (unpaired) electrons. The largest absolute Gasteiger partial charge is 0.475 e. The van der Waals surface area contributed by atoms with E-state index in [9.17, 15) is 4.79 Å². The number of halogens is 1. The molecule has 7 heteroatoms. The number of benzene rings is 1. The predicted molar refractivity (Wildman–Crippen MR) is 113 cm³/mol. The van der Waals surface area contributed by atoms with Crippen molar-refractivity contribution < 1.29 is 14.3 Å². The van der Waals surface area contributed by atoms with Crippen molar-refractivity contribution in [2.45, 2.75) is 20.4 Å². The SMILES string of the molecule is COCCOc1ncccc1CNC(=O)c1cc(C)n(-c2cccc(Cl)c2)c1C. The van der Waals surface area contributed by atoms with E-state index in [-0.39, 0.29) is 5.91 Å². The first-order valence-electron chi connectivity index (χ1n) is 9.30. The number of pyridine rings is 1. The number of carbonyl (C=O) groups excluding carboxylic acids is 1. The van der Waals surface area contributed by atoms with Gasteiger partial charge in [0.2, 0.25) is 5.88 Å². The maximum absolute atomic E-state index is 12.8. The Kier molecular flexibility index (Phi) is 6.90. The van der Waals surface area contributed by atoms with Crippen LogP contribution in [0.3, 0.4) is 0 Å². The van der Waals surface area contributed by atoms with Gasteiger partial charge in [-0.15, -0.1) is 0 Å². The Morgan fingerprint density at radius 2 is 2.00 bits per heavy atom. The van der Waals surface area contributed by atoms with Crippen molar-refractivity contribution in [1.82, 2.24) is 14.9 Å². The fourth-order valence-electron chi connectivity index (χ4n) is 3.19. The second-order valence-corrected chi connectivity index (χ2v) is 7.03. The van der Waals surface area contributed by atoms with Crippen molar-refractivity contribution in [2.24, 2.45) is 0 Å². The highest BCUT2D eigenvalue weighted by Gasteiger charge is 2.17. The summed E-state index contributed by atoms with van der Waals surface area (Å²) in [5.41, 5.74) is 4.16. The predicted octanol–water partition coefficient (Wildman–Crippen LogP) is 4.10. The Morgan fingerprint density at radius 3 is 2.76 bits per heavy atom. The van der Waals surface area contributed by atoms with Gasteiger partial charge in [-0.2, -0.15) is 0 Å². The molecular formula is C22H24ClN3O3. The first-order valence-corrected chi connectivity index (χ1v) is 9.67. The summed E-state index contributed by atoms with van der Waals surface area (Å²) in [5.74, 6) is 0.340. The number of nitrogens with zero attached hydrogens (tertiary/aromatic N) is 2. The minimum atomic E-state index is -0.155. The molecule has 3 aromatic rings. The van der Waals surface area contributed by atoms with Gasteiger partial charge in [-0.05, 0) is 44.2 Å². The lowest BCUT2D eigenvalue weighted by Crippen LogP contribution is -2.24. The number of aromatic nitrogens is 2. The molecule has 0 aliphatic rings. The number of methoxy groups -OCH3 is 1. The van der Waals surface area contributed by atoms with Crippen LogP contribution in [-0.2, 0) is 11.3 Å². The van der Waals surface area contributed by atoms with Gasteiger partial charge in [0.15, 0.2) is 0 Å². The molecule has 1 N–H and O–H groups in total.